The van der Waals surface area contributed by atoms with Gasteiger partial charge in [-0.05, 0) is 59.7 Å². The number of aryl methyl sites for hydroxylation is 1. The van der Waals surface area contributed by atoms with Crippen molar-refractivity contribution in [2.45, 2.75) is 13.8 Å². The van der Waals surface area contributed by atoms with Crippen LogP contribution in [0.5, 0.6) is 0 Å². The van der Waals surface area contributed by atoms with E-state index < -0.39 is 0 Å². The van der Waals surface area contributed by atoms with Gasteiger partial charge in [0.25, 0.3) is 0 Å². The third-order valence-corrected chi connectivity index (χ3v) is 5.06. The van der Waals surface area contributed by atoms with Crippen LogP contribution in [-0.4, -0.2) is 4.98 Å². The van der Waals surface area contributed by atoms with Gasteiger partial charge < -0.3 is 0 Å². The Kier molecular flexibility index (Phi) is 5.42. The fourth-order valence-corrected chi connectivity index (χ4v) is 3.53. The molecule has 0 bridgehead atoms. The summed E-state index contributed by atoms with van der Waals surface area (Å²) in [5.74, 6) is 0. The van der Waals surface area contributed by atoms with E-state index in [4.69, 9.17) is 4.98 Å². The molecule has 124 valence electrons. The minimum atomic E-state index is 0.998. The van der Waals surface area contributed by atoms with Crippen LogP contribution in [0.3, 0.4) is 0 Å². The van der Waals surface area contributed by atoms with Gasteiger partial charge in [0.2, 0.25) is 0 Å². The lowest BCUT2D eigenvalue weighted by Crippen LogP contribution is -1.92. The van der Waals surface area contributed by atoms with Crippen LogP contribution >= 0.6 is 11.3 Å². The van der Waals surface area contributed by atoms with Gasteiger partial charge in [-0.15, -0.1) is 11.3 Å². The molecule has 0 spiro atoms. The van der Waals surface area contributed by atoms with Crippen molar-refractivity contribution in [2.75, 3.05) is 0 Å². The third-order valence-electron chi connectivity index (χ3n) is 4.02. The number of pyridine rings is 1. The van der Waals surface area contributed by atoms with Crippen molar-refractivity contribution >= 4 is 16.9 Å². The van der Waals surface area contributed by atoms with Gasteiger partial charge in [0.1, 0.15) is 0 Å². The molecule has 2 heterocycles. The largest absolute Gasteiger partial charge is 0.247 e. The van der Waals surface area contributed by atoms with Gasteiger partial charge in [-0.25, -0.2) is 4.98 Å². The third kappa shape index (κ3) is 4.04. The maximum Gasteiger partial charge on any atom is 0.0817 e. The molecule has 2 heteroatoms. The van der Waals surface area contributed by atoms with E-state index in [1.54, 1.807) is 17.4 Å². The van der Waals surface area contributed by atoms with E-state index in [0.717, 1.165) is 17.0 Å². The monoisotopic (exact) mass is 343 g/mol. The van der Waals surface area contributed by atoms with Crippen LogP contribution in [-0.2, 0) is 0 Å². The fraction of sp³-hybridized carbons (Fsp3) is 0.0870. The predicted octanol–water partition coefficient (Wildman–Crippen LogP) is 6.93. The summed E-state index contributed by atoms with van der Waals surface area (Å²) in [4.78, 5) is 6.15. The van der Waals surface area contributed by atoms with Crippen molar-refractivity contribution in [1.82, 2.24) is 4.98 Å². The summed E-state index contributed by atoms with van der Waals surface area (Å²) in [6.07, 6.45) is 7.77. The van der Waals surface area contributed by atoms with Gasteiger partial charge in [-0.2, -0.15) is 0 Å². The van der Waals surface area contributed by atoms with Crippen LogP contribution < -0.4 is 0 Å². The van der Waals surface area contributed by atoms with Crippen LogP contribution in [0.1, 0.15) is 18.2 Å². The molecule has 1 nitrogen and oxygen atoms in total. The zero-order valence-electron chi connectivity index (χ0n) is 14.6. The maximum atomic E-state index is 4.92. The second kappa shape index (κ2) is 7.91. The van der Waals surface area contributed by atoms with Crippen molar-refractivity contribution in [1.29, 1.82) is 0 Å². The van der Waals surface area contributed by atoms with Gasteiger partial charge >= 0.3 is 0 Å². The molecule has 0 unspecified atom stereocenters. The Labute approximate surface area is 153 Å². The van der Waals surface area contributed by atoms with Crippen molar-refractivity contribution in [3.63, 3.8) is 0 Å². The van der Waals surface area contributed by atoms with Crippen molar-refractivity contribution in [2.24, 2.45) is 0 Å². The first kappa shape index (κ1) is 17.1. The van der Waals surface area contributed by atoms with Crippen molar-refractivity contribution in [3.05, 3.63) is 96.1 Å². The number of rotatable bonds is 5. The molecule has 0 N–H and O–H groups in total. The highest BCUT2D eigenvalue weighted by Gasteiger charge is 2.10. The molecule has 2 aromatic heterocycles. The Bertz CT molecular complexity index is 930. The number of benzene rings is 1. The fourth-order valence-electron chi connectivity index (χ4n) is 2.65. The van der Waals surface area contributed by atoms with Gasteiger partial charge in [0.05, 0.1) is 16.3 Å². The SMILES string of the molecule is C=C/C=C\C=C(/C)c1cc(-c2ccccc2)cc(-c2sccc2C)n1. The van der Waals surface area contributed by atoms with E-state index >= 15 is 0 Å². The second-order valence-electron chi connectivity index (χ2n) is 5.90. The summed E-state index contributed by atoms with van der Waals surface area (Å²) < 4.78 is 0. The Hall–Kier alpha value is -2.71. The summed E-state index contributed by atoms with van der Waals surface area (Å²) in [6.45, 7) is 7.94. The average molecular weight is 343 g/mol. The van der Waals surface area contributed by atoms with Gasteiger partial charge in [0, 0.05) is 0 Å². The minimum absolute atomic E-state index is 0.998. The Morgan fingerprint density at radius 3 is 2.52 bits per heavy atom. The maximum absolute atomic E-state index is 4.92. The highest BCUT2D eigenvalue weighted by molar-refractivity contribution is 7.13. The van der Waals surface area contributed by atoms with Crippen LogP contribution in [0, 0.1) is 6.92 Å². The quantitative estimate of drug-likeness (QED) is 0.458. The molecule has 0 atom stereocenters. The number of hydrogen-bond acceptors (Lipinski definition) is 2. The van der Waals surface area contributed by atoms with E-state index in [2.05, 4.69) is 74.3 Å². The van der Waals surface area contributed by atoms with Gasteiger partial charge in [-0.1, -0.05) is 61.2 Å². The zero-order valence-corrected chi connectivity index (χ0v) is 15.4. The topological polar surface area (TPSA) is 12.9 Å². The second-order valence-corrected chi connectivity index (χ2v) is 6.81. The molecule has 3 rings (SSSR count). The van der Waals surface area contributed by atoms with E-state index in [-0.39, 0.29) is 0 Å². The standard InChI is InChI=1S/C23H21NS/c1-4-5-7-10-17(2)21-15-20(19-11-8-6-9-12-19)16-22(24-21)23-18(3)13-14-25-23/h4-16H,1H2,2-3H3/b7-5-,17-10+. The molecule has 25 heavy (non-hydrogen) atoms. The highest BCUT2D eigenvalue weighted by atomic mass is 32.1. The Morgan fingerprint density at radius 2 is 1.84 bits per heavy atom. The number of nitrogens with zero attached hydrogens (tertiary/aromatic N) is 1. The van der Waals surface area contributed by atoms with Crippen LogP contribution in [0.2, 0.25) is 0 Å². The van der Waals surface area contributed by atoms with Gasteiger partial charge in [0.15, 0.2) is 0 Å². The lowest BCUT2D eigenvalue weighted by Gasteiger charge is -2.10. The lowest BCUT2D eigenvalue weighted by atomic mass is 10.0. The highest BCUT2D eigenvalue weighted by Crippen LogP contribution is 2.32. The molecule has 0 saturated heterocycles. The van der Waals surface area contributed by atoms with E-state index in [1.165, 1.54) is 21.6 Å². The first-order chi connectivity index (χ1) is 12.2. The molecule has 0 amide bonds. The smallest absolute Gasteiger partial charge is 0.0817 e. The van der Waals surface area contributed by atoms with E-state index in [1.807, 2.05) is 18.2 Å². The van der Waals surface area contributed by atoms with Crippen LogP contribution in [0.4, 0.5) is 0 Å². The lowest BCUT2D eigenvalue weighted by molar-refractivity contribution is 1.27. The number of thiophene rings is 1. The first-order valence-electron chi connectivity index (χ1n) is 8.27. The summed E-state index contributed by atoms with van der Waals surface area (Å²) in [5.41, 5.74) is 6.82. The average Bonchev–Trinajstić information content (AvgIpc) is 3.08. The molecule has 0 aliphatic rings. The van der Waals surface area contributed by atoms with Crippen LogP contribution in [0.25, 0.3) is 27.3 Å². The first-order valence-corrected chi connectivity index (χ1v) is 9.15. The summed E-state index contributed by atoms with van der Waals surface area (Å²) in [5, 5.41) is 2.12. The zero-order chi connectivity index (χ0) is 17.6. The predicted molar refractivity (Wildman–Crippen MR) is 111 cm³/mol. The van der Waals surface area contributed by atoms with E-state index in [0.29, 0.717) is 0 Å². The Morgan fingerprint density at radius 1 is 1.04 bits per heavy atom. The molecule has 0 saturated carbocycles. The van der Waals surface area contributed by atoms with E-state index in [9.17, 15) is 0 Å². The normalized spacial score (nSPS) is 11.8. The van der Waals surface area contributed by atoms with Crippen molar-refractivity contribution in [3.8, 4) is 21.7 Å². The molecular formula is C23H21NS. The molecule has 1 aromatic carbocycles. The van der Waals surface area contributed by atoms with Crippen molar-refractivity contribution < 1.29 is 0 Å². The Balaban J connectivity index is 2.15. The summed E-state index contributed by atoms with van der Waals surface area (Å²) in [7, 11) is 0. The summed E-state index contributed by atoms with van der Waals surface area (Å²) >= 11 is 1.74. The molecule has 0 radical (unpaired) electrons. The summed E-state index contributed by atoms with van der Waals surface area (Å²) in [6, 6.07) is 17.0. The molecule has 0 aliphatic carbocycles. The molecule has 3 aromatic rings. The number of aromatic nitrogens is 1. The molecular weight excluding hydrogens is 322 g/mol. The number of allylic oxidation sites excluding steroid dienone is 5. The van der Waals surface area contributed by atoms with Gasteiger partial charge in [-0.3, -0.25) is 0 Å². The number of hydrogen-bond donors (Lipinski definition) is 0. The molecule has 0 aliphatic heterocycles. The van der Waals surface area contributed by atoms with Crippen LogP contribution in [0.15, 0.2) is 84.8 Å². The minimum Gasteiger partial charge on any atom is -0.247 e. The molecule has 0 fully saturated rings.